The molecule has 2 aromatic carbocycles. The molecule has 0 atom stereocenters. The Hall–Kier alpha value is -3.86. The molecule has 0 aliphatic rings. The van der Waals surface area contributed by atoms with Gasteiger partial charge in [-0.25, -0.2) is 9.78 Å². The van der Waals surface area contributed by atoms with Gasteiger partial charge in [-0.05, 0) is 30.3 Å². The number of thiophene rings is 1. The van der Waals surface area contributed by atoms with Gasteiger partial charge in [0.05, 0.1) is 12.7 Å². The second kappa shape index (κ2) is 8.00. The molecule has 7 nitrogen and oxygen atoms in total. The number of alkyl halides is 3. The Morgan fingerprint density at radius 3 is 2.56 bits per heavy atom. The zero-order chi connectivity index (χ0) is 23.0. The van der Waals surface area contributed by atoms with Gasteiger partial charge in [0.25, 0.3) is 5.89 Å². The fourth-order valence-corrected chi connectivity index (χ4v) is 4.02. The summed E-state index contributed by atoms with van der Waals surface area (Å²) in [5.74, 6) is -2.56. The van der Waals surface area contributed by atoms with Gasteiger partial charge in [-0.2, -0.15) is 13.2 Å². The second-order valence-corrected chi connectivity index (χ2v) is 7.39. The van der Waals surface area contributed by atoms with Crippen LogP contribution in [0.3, 0.4) is 0 Å². The van der Waals surface area contributed by atoms with Gasteiger partial charge in [0.15, 0.2) is 5.58 Å². The Morgan fingerprint density at radius 1 is 1.16 bits per heavy atom. The third-order valence-corrected chi connectivity index (χ3v) is 5.43. The number of hydrogen-bond donors (Lipinski definition) is 2. The van der Waals surface area contributed by atoms with Gasteiger partial charge < -0.3 is 19.6 Å². The monoisotopic (exact) mass is 462 g/mol. The number of carbonyl (C=O) groups excluding carboxylic acids is 1. The summed E-state index contributed by atoms with van der Waals surface area (Å²) in [6, 6.07) is 9.45. The van der Waals surface area contributed by atoms with Crippen molar-refractivity contribution in [1.29, 1.82) is 0 Å². The minimum absolute atomic E-state index is 0.0262. The van der Waals surface area contributed by atoms with Gasteiger partial charge in [-0.3, -0.25) is 4.79 Å². The number of para-hydroxylation sites is 2. The van der Waals surface area contributed by atoms with Crippen LogP contribution in [0.1, 0.15) is 26.6 Å². The number of methoxy groups -OCH3 is 1. The Morgan fingerprint density at radius 2 is 1.91 bits per heavy atom. The van der Waals surface area contributed by atoms with Crippen LogP contribution in [0, 0.1) is 0 Å². The number of aromatic carboxylic acids is 1. The number of hydrogen-bond acceptors (Lipinski definition) is 6. The number of carboxylic acid groups (broad SMARTS) is 1. The number of carboxylic acids is 1. The third-order valence-electron chi connectivity index (χ3n) is 4.54. The average Bonchev–Trinajstić information content (AvgIpc) is 3.36. The molecule has 0 bridgehead atoms. The van der Waals surface area contributed by atoms with Crippen molar-refractivity contribution < 1.29 is 37.0 Å². The first-order valence-corrected chi connectivity index (χ1v) is 9.84. The number of nitrogens with zero attached hydrogens (tertiary/aromatic N) is 1. The van der Waals surface area contributed by atoms with E-state index in [2.05, 4.69) is 10.3 Å². The first kappa shape index (κ1) is 21.4. The molecule has 0 aliphatic carbocycles. The molecule has 2 aromatic heterocycles. The number of oxazole rings is 1. The van der Waals surface area contributed by atoms with Crippen molar-refractivity contribution in [3.05, 3.63) is 64.9 Å². The molecular formula is C21H13F3N2O5S. The molecule has 0 radical (unpaired) electrons. The van der Waals surface area contributed by atoms with E-state index in [1.807, 2.05) is 0 Å². The topological polar surface area (TPSA) is 102 Å². The summed E-state index contributed by atoms with van der Waals surface area (Å²) in [7, 11) is 1.18. The summed E-state index contributed by atoms with van der Waals surface area (Å²) in [6.45, 7) is 0. The van der Waals surface area contributed by atoms with E-state index >= 15 is 0 Å². The molecule has 0 unspecified atom stereocenters. The summed E-state index contributed by atoms with van der Waals surface area (Å²) >= 11 is 0.898. The fourth-order valence-electron chi connectivity index (χ4n) is 3.08. The Bertz CT molecular complexity index is 1310. The Labute approximate surface area is 182 Å². The molecule has 0 aliphatic heterocycles. The van der Waals surface area contributed by atoms with Gasteiger partial charge in [-0.1, -0.05) is 12.1 Å². The third kappa shape index (κ3) is 3.89. The van der Waals surface area contributed by atoms with Crippen molar-refractivity contribution >= 4 is 39.3 Å². The molecule has 32 heavy (non-hydrogen) atoms. The number of amides is 1. The summed E-state index contributed by atoms with van der Waals surface area (Å²) in [4.78, 5) is 28.6. The van der Waals surface area contributed by atoms with E-state index in [9.17, 15) is 27.9 Å². The van der Waals surface area contributed by atoms with Crippen molar-refractivity contribution in [3.63, 3.8) is 0 Å². The SMILES string of the molecule is COc1cc(C(F)(F)F)ccc1-c1csc(NC(=O)c2nc3ccccc3o2)c1C(=O)O. The first-order chi connectivity index (χ1) is 15.2. The van der Waals surface area contributed by atoms with E-state index in [0.29, 0.717) is 11.1 Å². The Balaban J connectivity index is 1.72. The van der Waals surface area contributed by atoms with Crippen molar-refractivity contribution in [2.45, 2.75) is 6.18 Å². The van der Waals surface area contributed by atoms with Gasteiger partial charge in [0.2, 0.25) is 0 Å². The number of anilines is 1. The summed E-state index contributed by atoms with van der Waals surface area (Å²) < 4.78 is 49.5. The zero-order valence-corrected chi connectivity index (χ0v) is 17.0. The van der Waals surface area contributed by atoms with Crippen LogP contribution in [0.5, 0.6) is 5.75 Å². The maximum atomic E-state index is 13.0. The molecule has 164 valence electrons. The maximum Gasteiger partial charge on any atom is 0.416 e. The van der Waals surface area contributed by atoms with Crippen LogP contribution in [0.25, 0.3) is 22.2 Å². The molecule has 0 spiro atoms. The highest BCUT2D eigenvalue weighted by atomic mass is 32.1. The number of nitrogens with one attached hydrogen (secondary N) is 1. The van der Waals surface area contributed by atoms with Crippen LogP contribution in [-0.4, -0.2) is 29.1 Å². The van der Waals surface area contributed by atoms with Gasteiger partial charge in [0.1, 0.15) is 21.8 Å². The molecule has 0 fully saturated rings. The average molecular weight is 462 g/mol. The summed E-state index contributed by atoms with van der Waals surface area (Å²) in [6.07, 6.45) is -4.59. The lowest BCUT2D eigenvalue weighted by molar-refractivity contribution is -0.137. The summed E-state index contributed by atoms with van der Waals surface area (Å²) in [5.41, 5.74) is -0.153. The van der Waals surface area contributed by atoms with Crippen LogP contribution in [0.4, 0.5) is 18.2 Å². The number of halogens is 3. The van der Waals surface area contributed by atoms with Gasteiger partial charge >= 0.3 is 18.1 Å². The molecule has 11 heteroatoms. The number of ether oxygens (including phenoxy) is 1. The lowest BCUT2D eigenvalue weighted by Gasteiger charge is -2.13. The smallest absolute Gasteiger partial charge is 0.416 e. The molecule has 1 amide bonds. The van der Waals surface area contributed by atoms with Crippen molar-refractivity contribution in [1.82, 2.24) is 4.98 Å². The number of carbonyl (C=O) groups is 2. The van der Waals surface area contributed by atoms with Crippen molar-refractivity contribution in [2.75, 3.05) is 12.4 Å². The largest absolute Gasteiger partial charge is 0.496 e. The predicted octanol–water partition coefficient (Wildman–Crippen LogP) is 5.53. The normalized spacial score (nSPS) is 11.5. The van der Waals surface area contributed by atoms with Crippen LogP contribution < -0.4 is 10.1 Å². The highest BCUT2D eigenvalue weighted by Crippen LogP contribution is 2.42. The number of benzene rings is 2. The highest BCUT2D eigenvalue weighted by molar-refractivity contribution is 7.15. The fraction of sp³-hybridized carbons (Fsp3) is 0.0952. The zero-order valence-electron chi connectivity index (χ0n) is 16.2. The minimum Gasteiger partial charge on any atom is -0.496 e. The highest BCUT2D eigenvalue weighted by Gasteiger charge is 2.32. The predicted molar refractivity (Wildman–Crippen MR) is 110 cm³/mol. The molecular weight excluding hydrogens is 449 g/mol. The number of aromatic nitrogens is 1. The summed E-state index contributed by atoms with van der Waals surface area (Å²) in [5, 5.41) is 13.6. The van der Waals surface area contributed by atoms with Crippen molar-refractivity contribution in [2.24, 2.45) is 0 Å². The molecule has 4 rings (SSSR count). The van der Waals surface area contributed by atoms with E-state index in [1.165, 1.54) is 12.5 Å². The van der Waals surface area contributed by atoms with Crippen LogP contribution in [-0.2, 0) is 6.18 Å². The molecule has 4 aromatic rings. The van der Waals surface area contributed by atoms with Crippen LogP contribution in [0.15, 0.2) is 52.3 Å². The van der Waals surface area contributed by atoms with E-state index in [-0.39, 0.29) is 33.3 Å². The molecule has 0 saturated heterocycles. The quantitative estimate of drug-likeness (QED) is 0.404. The second-order valence-electron chi connectivity index (χ2n) is 6.51. The van der Waals surface area contributed by atoms with Crippen molar-refractivity contribution in [3.8, 4) is 16.9 Å². The maximum absolute atomic E-state index is 13.0. The van der Waals surface area contributed by atoms with Crippen LogP contribution in [0.2, 0.25) is 0 Å². The lowest BCUT2D eigenvalue weighted by Crippen LogP contribution is -2.14. The van der Waals surface area contributed by atoms with Crippen LogP contribution >= 0.6 is 11.3 Å². The van der Waals surface area contributed by atoms with Gasteiger partial charge in [0, 0.05) is 16.5 Å². The van der Waals surface area contributed by atoms with E-state index in [0.717, 1.165) is 29.5 Å². The van der Waals surface area contributed by atoms with E-state index in [4.69, 9.17) is 9.15 Å². The molecule has 2 N–H and O–H groups in total. The lowest BCUT2D eigenvalue weighted by atomic mass is 10.0. The standard InChI is InChI=1S/C21H13F3N2O5S/c1-30-15-8-10(21(22,23)24)6-7-11(15)12-9-32-19(16(12)20(28)29)26-17(27)18-25-13-4-2-3-5-14(13)31-18/h2-9H,1H3,(H,26,27)(H,28,29). The Kier molecular flexibility index (Phi) is 5.35. The number of fused-ring (bicyclic) bond motifs is 1. The minimum atomic E-state index is -4.59. The first-order valence-electron chi connectivity index (χ1n) is 8.96. The van der Waals surface area contributed by atoms with Gasteiger partial charge in [-0.15, -0.1) is 11.3 Å². The molecule has 0 saturated carbocycles. The van der Waals surface area contributed by atoms with E-state index < -0.39 is 23.6 Å². The molecule has 2 heterocycles. The number of rotatable bonds is 5. The van der Waals surface area contributed by atoms with E-state index in [1.54, 1.807) is 24.3 Å².